The minimum Gasteiger partial charge on any atom is -0.385 e. The van der Waals surface area contributed by atoms with Gasteiger partial charge in [0.25, 0.3) is 0 Å². The molecule has 0 aromatic heterocycles. The summed E-state index contributed by atoms with van der Waals surface area (Å²) in [5.41, 5.74) is 0.300. The average molecular weight is 336 g/mol. The fourth-order valence-electron chi connectivity index (χ4n) is 3.33. The van der Waals surface area contributed by atoms with Crippen LogP contribution in [0.2, 0.25) is 0 Å². The second-order valence-corrected chi connectivity index (χ2v) is 8.33. The van der Waals surface area contributed by atoms with Crippen molar-refractivity contribution in [3.05, 3.63) is 29.8 Å². The van der Waals surface area contributed by atoms with Crippen LogP contribution in [0.4, 0.5) is 0 Å². The normalized spacial score (nSPS) is 19.0. The second-order valence-electron chi connectivity index (χ2n) is 6.95. The van der Waals surface area contributed by atoms with Crippen LogP contribution >= 0.6 is 11.8 Å². The van der Waals surface area contributed by atoms with Crippen LogP contribution in [0.5, 0.6) is 0 Å². The molecule has 1 fully saturated rings. The van der Waals surface area contributed by atoms with E-state index < -0.39 is 5.60 Å². The van der Waals surface area contributed by atoms with E-state index in [1.54, 1.807) is 0 Å². The molecule has 1 aromatic carbocycles. The first-order valence-electron chi connectivity index (χ1n) is 9.27. The van der Waals surface area contributed by atoms with Crippen LogP contribution in [0.25, 0.3) is 0 Å². The number of benzene rings is 1. The largest absolute Gasteiger partial charge is 0.385 e. The maximum atomic E-state index is 10.8. The molecule has 1 aliphatic rings. The Bertz CT molecular complexity index is 447. The molecule has 130 valence electrons. The summed E-state index contributed by atoms with van der Waals surface area (Å²) in [5, 5.41) is 11.6. The number of thioether (sulfide) groups is 1. The van der Waals surface area contributed by atoms with Crippen LogP contribution in [0.15, 0.2) is 29.2 Å². The predicted molar refractivity (Wildman–Crippen MR) is 101 cm³/mol. The molecule has 0 radical (unpaired) electrons. The molecular formula is C20H33NOS. The monoisotopic (exact) mass is 335 g/mol. The quantitative estimate of drug-likeness (QED) is 0.719. The average Bonchev–Trinajstić information content (AvgIpc) is 2.57. The summed E-state index contributed by atoms with van der Waals surface area (Å²) in [4.78, 5) is 3.71. The van der Waals surface area contributed by atoms with Gasteiger partial charge in [0.15, 0.2) is 0 Å². The summed E-state index contributed by atoms with van der Waals surface area (Å²) in [5.74, 6) is 0. The number of nitrogens with zero attached hydrogens (tertiary/aromatic N) is 1. The summed E-state index contributed by atoms with van der Waals surface area (Å²) >= 11 is 2.02. The van der Waals surface area contributed by atoms with Gasteiger partial charge in [0.2, 0.25) is 0 Å². The van der Waals surface area contributed by atoms with Gasteiger partial charge < -0.3 is 10.0 Å². The van der Waals surface area contributed by atoms with E-state index in [0.29, 0.717) is 0 Å². The molecule has 0 heterocycles. The van der Waals surface area contributed by atoms with Crippen molar-refractivity contribution in [1.82, 2.24) is 4.90 Å². The van der Waals surface area contributed by atoms with E-state index in [4.69, 9.17) is 0 Å². The maximum absolute atomic E-state index is 10.8. The lowest BCUT2D eigenvalue weighted by atomic mass is 9.92. The van der Waals surface area contributed by atoms with Gasteiger partial charge in [-0.25, -0.2) is 0 Å². The molecule has 0 bridgehead atoms. The molecule has 3 heteroatoms. The zero-order valence-electron chi connectivity index (χ0n) is 15.1. The third kappa shape index (κ3) is 5.81. The van der Waals surface area contributed by atoms with E-state index in [9.17, 15) is 5.11 Å². The summed E-state index contributed by atoms with van der Waals surface area (Å²) in [7, 11) is 0. The minimum atomic E-state index is -0.739. The highest BCUT2D eigenvalue weighted by molar-refractivity contribution is 8.00. The van der Waals surface area contributed by atoms with Crippen molar-refractivity contribution in [3.8, 4) is 0 Å². The Morgan fingerprint density at radius 1 is 1.09 bits per heavy atom. The van der Waals surface area contributed by atoms with Gasteiger partial charge in [-0.15, -0.1) is 11.8 Å². The highest BCUT2D eigenvalue weighted by Crippen LogP contribution is 2.34. The van der Waals surface area contributed by atoms with Crippen molar-refractivity contribution < 1.29 is 5.11 Å². The van der Waals surface area contributed by atoms with Crippen LogP contribution in [0, 0.1) is 0 Å². The minimum absolute atomic E-state index is 0.739. The Morgan fingerprint density at radius 2 is 1.70 bits per heavy atom. The molecule has 0 amide bonds. The number of hydrogen-bond acceptors (Lipinski definition) is 3. The molecule has 0 saturated heterocycles. The first-order valence-corrected chi connectivity index (χ1v) is 10.1. The Hall–Kier alpha value is -0.510. The van der Waals surface area contributed by atoms with Crippen molar-refractivity contribution in [2.75, 3.05) is 19.6 Å². The predicted octanol–water partition coefficient (Wildman–Crippen LogP) is 5.05. The summed E-state index contributed by atoms with van der Waals surface area (Å²) in [6.07, 6.45) is 7.67. The summed E-state index contributed by atoms with van der Waals surface area (Å²) in [6, 6.07) is 8.63. The smallest absolute Gasteiger partial charge is 0.0880 e. The molecule has 2 rings (SSSR count). The van der Waals surface area contributed by atoms with Crippen molar-refractivity contribution in [2.45, 2.75) is 75.0 Å². The highest BCUT2D eigenvalue weighted by Gasteiger charge is 2.23. The van der Waals surface area contributed by atoms with Gasteiger partial charge in [-0.05, 0) is 57.0 Å². The van der Waals surface area contributed by atoms with Gasteiger partial charge in [-0.3, -0.25) is 0 Å². The lowest BCUT2D eigenvalue weighted by Gasteiger charge is -2.28. The first-order chi connectivity index (χ1) is 11.0. The highest BCUT2D eigenvalue weighted by atomic mass is 32.2. The van der Waals surface area contributed by atoms with Crippen LogP contribution in [-0.2, 0) is 5.60 Å². The SMILES string of the molecule is CCN(CC)CCC(C)(O)c1ccc(SC2CCCCC2)cc1. The molecule has 1 unspecified atom stereocenters. The molecule has 0 spiro atoms. The molecule has 1 aliphatic carbocycles. The van der Waals surface area contributed by atoms with E-state index in [2.05, 4.69) is 43.0 Å². The third-order valence-electron chi connectivity index (χ3n) is 5.14. The molecule has 0 aliphatic heterocycles. The number of aliphatic hydroxyl groups is 1. The zero-order valence-corrected chi connectivity index (χ0v) is 15.9. The Kier molecular flexibility index (Phi) is 7.45. The standard InChI is InChI=1S/C20H33NOS/c1-4-21(5-2)16-15-20(3,22)17-11-13-19(14-12-17)23-18-9-7-6-8-10-18/h11-14,18,22H,4-10,15-16H2,1-3H3. The van der Waals surface area contributed by atoms with Crippen LogP contribution in [0.1, 0.15) is 64.9 Å². The van der Waals surface area contributed by atoms with Crippen molar-refractivity contribution >= 4 is 11.8 Å². The lowest BCUT2D eigenvalue weighted by Crippen LogP contribution is -2.31. The third-order valence-corrected chi connectivity index (χ3v) is 6.49. The van der Waals surface area contributed by atoms with E-state index >= 15 is 0 Å². The van der Waals surface area contributed by atoms with E-state index in [-0.39, 0.29) is 0 Å². The van der Waals surface area contributed by atoms with Crippen molar-refractivity contribution in [3.63, 3.8) is 0 Å². The zero-order chi connectivity index (χ0) is 16.7. The summed E-state index contributed by atoms with van der Waals surface area (Å²) in [6.45, 7) is 9.33. The van der Waals surface area contributed by atoms with Crippen molar-refractivity contribution in [1.29, 1.82) is 0 Å². The Balaban J connectivity index is 1.91. The summed E-state index contributed by atoms with van der Waals surface area (Å²) < 4.78 is 0. The van der Waals surface area contributed by atoms with E-state index in [1.165, 1.54) is 37.0 Å². The van der Waals surface area contributed by atoms with Crippen LogP contribution in [-0.4, -0.2) is 34.9 Å². The van der Waals surface area contributed by atoms with E-state index in [1.807, 2.05) is 18.7 Å². The van der Waals surface area contributed by atoms with Gasteiger partial charge in [0, 0.05) is 16.7 Å². The van der Waals surface area contributed by atoms with Gasteiger partial charge in [-0.2, -0.15) is 0 Å². The Labute approximate surface area is 146 Å². The molecule has 1 aromatic rings. The maximum Gasteiger partial charge on any atom is 0.0880 e. The van der Waals surface area contributed by atoms with Gasteiger partial charge in [0.1, 0.15) is 0 Å². The molecule has 2 nitrogen and oxygen atoms in total. The van der Waals surface area contributed by atoms with Gasteiger partial charge in [-0.1, -0.05) is 45.2 Å². The van der Waals surface area contributed by atoms with Gasteiger partial charge in [0.05, 0.1) is 5.60 Å². The van der Waals surface area contributed by atoms with Crippen molar-refractivity contribution in [2.24, 2.45) is 0 Å². The molecule has 23 heavy (non-hydrogen) atoms. The van der Waals surface area contributed by atoms with Crippen LogP contribution in [0.3, 0.4) is 0 Å². The molecular weight excluding hydrogens is 302 g/mol. The Morgan fingerprint density at radius 3 is 2.26 bits per heavy atom. The molecule has 1 saturated carbocycles. The molecule has 1 atom stereocenters. The fourth-order valence-corrected chi connectivity index (χ4v) is 4.58. The lowest BCUT2D eigenvalue weighted by molar-refractivity contribution is 0.0369. The van der Waals surface area contributed by atoms with E-state index in [0.717, 1.165) is 36.9 Å². The van der Waals surface area contributed by atoms with Crippen LogP contribution < -0.4 is 0 Å². The topological polar surface area (TPSA) is 23.5 Å². The first kappa shape index (κ1) is 18.8. The van der Waals surface area contributed by atoms with Gasteiger partial charge >= 0.3 is 0 Å². The fraction of sp³-hybridized carbons (Fsp3) is 0.700. The molecule has 1 N–H and O–H groups in total. The number of hydrogen-bond donors (Lipinski definition) is 1. The second kappa shape index (κ2) is 9.10. The number of rotatable bonds is 8.